The first-order valence-corrected chi connectivity index (χ1v) is 5.12. The smallest absolute Gasteiger partial charge is 0.195 e. The maximum absolute atomic E-state index is 13.4. The van der Waals surface area contributed by atoms with E-state index in [0.29, 0.717) is 18.4 Å². The number of benzene rings is 1. The Morgan fingerprint density at radius 2 is 1.88 bits per heavy atom. The second kappa shape index (κ2) is 5.14. The van der Waals surface area contributed by atoms with E-state index in [1.165, 1.54) is 0 Å². The van der Waals surface area contributed by atoms with Crippen LogP contribution in [0.2, 0.25) is 0 Å². The van der Waals surface area contributed by atoms with Gasteiger partial charge in [0.15, 0.2) is 17.5 Å². The summed E-state index contributed by atoms with van der Waals surface area (Å²) in [5.74, 6) is -4.59. The van der Waals surface area contributed by atoms with E-state index >= 15 is 0 Å². The van der Waals surface area contributed by atoms with Crippen LogP contribution in [0.25, 0.3) is 0 Å². The topological polar surface area (TPSA) is 46.2 Å². The van der Waals surface area contributed by atoms with E-state index < -0.39 is 29.2 Å². The molecule has 17 heavy (non-hydrogen) atoms. The Morgan fingerprint density at radius 3 is 2.41 bits per heavy atom. The Hall–Kier alpha value is -0.940. The van der Waals surface area contributed by atoms with Crippen molar-refractivity contribution in [3.05, 3.63) is 29.1 Å². The predicted octanol–water partition coefficient (Wildman–Crippen LogP) is 3.03. The molecular weight excluding hydrogens is 255 g/mol. The molecule has 2 nitrogen and oxygen atoms in total. The van der Waals surface area contributed by atoms with E-state index in [-0.39, 0.29) is 18.0 Å². The summed E-state index contributed by atoms with van der Waals surface area (Å²) in [5.41, 5.74) is 5.34. The van der Waals surface area contributed by atoms with Gasteiger partial charge < -0.3 is 10.8 Å². The second-order valence-electron chi connectivity index (χ2n) is 4.20. The van der Waals surface area contributed by atoms with Crippen LogP contribution >= 0.6 is 12.4 Å². The van der Waals surface area contributed by atoms with Crippen LogP contribution in [0.1, 0.15) is 30.9 Å². The van der Waals surface area contributed by atoms with E-state index in [1.807, 2.05) is 0 Å². The molecule has 0 bridgehead atoms. The summed E-state index contributed by atoms with van der Waals surface area (Å²) in [6.07, 6.45) is 2.51. The zero-order chi connectivity index (χ0) is 11.9. The summed E-state index contributed by atoms with van der Waals surface area (Å²) in [7, 11) is 0. The normalized spacial score (nSPS) is 16.5. The molecule has 0 amide bonds. The van der Waals surface area contributed by atoms with Crippen molar-refractivity contribution in [1.82, 2.24) is 0 Å². The number of hydrogen-bond acceptors (Lipinski definition) is 2. The van der Waals surface area contributed by atoms with Gasteiger partial charge in [-0.2, -0.15) is 0 Å². The van der Waals surface area contributed by atoms with Crippen molar-refractivity contribution in [2.45, 2.75) is 25.3 Å². The summed E-state index contributed by atoms with van der Waals surface area (Å²) < 4.78 is 39.1. The lowest BCUT2D eigenvalue weighted by molar-refractivity contribution is 0.396. The summed E-state index contributed by atoms with van der Waals surface area (Å²) in [6, 6.07) is -0.233. The molecule has 0 radical (unpaired) electrons. The first kappa shape index (κ1) is 14.1. The number of phenolic OH excluding ortho intramolecular Hbond substituents is 1. The zero-order valence-corrected chi connectivity index (χ0v) is 9.74. The number of nitrogens with two attached hydrogens (primary N) is 1. The van der Waals surface area contributed by atoms with Crippen molar-refractivity contribution >= 4 is 12.4 Å². The Labute approximate surface area is 103 Å². The summed E-state index contributed by atoms with van der Waals surface area (Å²) >= 11 is 0. The zero-order valence-electron chi connectivity index (χ0n) is 8.92. The van der Waals surface area contributed by atoms with Gasteiger partial charge in [0.2, 0.25) is 0 Å². The highest BCUT2D eigenvalue weighted by Crippen LogP contribution is 2.39. The summed E-state index contributed by atoms with van der Waals surface area (Å²) in [4.78, 5) is 0. The van der Waals surface area contributed by atoms with Gasteiger partial charge in [0, 0.05) is 17.7 Å². The fraction of sp³-hybridized carbons (Fsp3) is 0.455. The van der Waals surface area contributed by atoms with Crippen LogP contribution in [0, 0.1) is 23.4 Å². The highest BCUT2D eigenvalue weighted by molar-refractivity contribution is 5.85. The van der Waals surface area contributed by atoms with Crippen LogP contribution in [0.5, 0.6) is 5.75 Å². The van der Waals surface area contributed by atoms with Gasteiger partial charge in [0.25, 0.3) is 0 Å². The second-order valence-corrected chi connectivity index (χ2v) is 4.20. The average molecular weight is 268 g/mol. The van der Waals surface area contributed by atoms with Gasteiger partial charge in [-0.05, 0) is 12.3 Å². The fourth-order valence-corrected chi connectivity index (χ4v) is 1.78. The standard InChI is InChI=1S/C11H12F3NO.ClH/c12-6-4-8(16)9(11(14)10(6)13)7(15)3-5-1-2-5;/h4-5,7,16H,1-3,15H2;1H/t7-;/m1./s1. The molecule has 0 heterocycles. The lowest BCUT2D eigenvalue weighted by Gasteiger charge is -2.14. The number of hydrogen-bond donors (Lipinski definition) is 2. The monoisotopic (exact) mass is 267 g/mol. The Kier molecular flexibility index (Phi) is 4.27. The molecule has 3 N–H and O–H groups in total. The Bertz CT molecular complexity index is 424. The van der Waals surface area contributed by atoms with Gasteiger partial charge in [0.05, 0.1) is 0 Å². The first-order valence-electron chi connectivity index (χ1n) is 5.12. The molecule has 1 aromatic rings. The molecule has 2 rings (SSSR count). The van der Waals surface area contributed by atoms with Gasteiger partial charge >= 0.3 is 0 Å². The van der Waals surface area contributed by atoms with E-state index in [0.717, 1.165) is 12.8 Å². The molecule has 0 unspecified atom stereocenters. The predicted molar refractivity (Wildman–Crippen MR) is 59.5 cm³/mol. The molecule has 0 aliphatic heterocycles. The van der Waals surface area contributed by atoms with Crippen LogP contribution in [-0.4, -0.2) is 5.11 Å². The third-order valence-corrected chi connectivity index (χ3v) is 2.83. The lowest BCUT2D eigenvalue weighted by Crippen LogP contribution is -2.14. The molecule has 1 aliphatic carbocycles. The number of phenols is 1. The van der Waals surface area contributed by atoms with Crippen LogP contribution < -0.4 is 5.73 Å². The minimum atomic E-state index is -1.58. The minimum Gasteiger partial charge on any atom is -0.507 e. The van der Waals surface area contributed by atoms with Crippen molar-refractivity contribution < 1.29 is 18.3 Å². The van der Waals surface area contributed by atoms with Gasteiger partial charge in [-0.25, -0.2) is 13.2 Å². The number of halogens is 4. The summed E-state index contributed by atoms with van der Waals surface area (Å²) in [6.45, 7) is 0. The minimum absolute atomic E-state index is 0. The molecule has 1 fully saturated rings. The van der Waals surface area contributed by atoms with Crippen molar-refractivity contribution in [3.63, 3.8) is 0 Å². The highest BCUT2D eigenvalue weighted by atomic mass is 35.5. The third kappa shape index (κ3) is 2.84. The molecule has 1 aliphatic rings. The van der Waals surface area contributed by atoms with Gasteiger partial charge in [-0.3, -0.25) is 0 Å². The fourth-order valence-electron chi connectivity index (χ4n) is 1.78. The van der Waals surface area contributed by atoms with Crippen LogP contribution in [-0.2, 0) is 0 Å². The average Bonchev–Trinajstić information content (AvgIpc) is 2.98. The van der Waals surface area contributed by atoms with Crippen molar-refractivity contribution in [1.29, 1.82) is 0 Å². The van der Waals surface area contributed by atoms with Crippen LogP contribution in [0.15, 0.2) is 6.07 Å². The maximum Gasteiger partial charge on any atom is 0.195 e. The molecule has 1 saturated carbocycles. The van der Waals surface area contributed by atoms with E-state index in [2.05, 4.69) is 0 Å². The van der Waals surface area contributed by atoms with Gasteiger partial charge in [-0.1, -0.05) is 12.8 Å². The van der Waals surface area contributed by atoms with Gasteiger partial charge in [-0.15, -0.1) is 12.4 Å². The molecule has 0 spiro atoms. The van der Waals surface area contributed by atoms with Gasteiger partial charge in [0.1, 0.15) is 5.75 Å². The molecule has 96 valence electrons. The summed E-state index contributed by atoms with van der Waals surface area (Å²) in [5, 5.41) is 9.37. The van der Waals surface area contributed by atoms with Crippen molar-refractivity contribution in [2.24, 2.45) is 11.7 Å². The number of aromatic hydroxyl groups is 1. The van der Waals surface area contributed by atoms with E-state index in [1.54, 1.807) is 0 Å². The van der Waals surface area contributed by atoms with E-state index in [4.69, 9.17) is 5.73 Å². The molecular formula is C11H13ClF3NO. The molecule has 1 aromatic carbocycles. The highest BCUT2D eigenvalue weighted by Gasteiger charge is 2.29. The molecule has 6 heteroatoms. The Morgan fingerprint density at radius 1 is 1.29 bits per heavy atom. The maximum atomic E-state index is 13.4. The number of rotatable bonds is 3. The Balaban J connectivity index is 0.00000144. The molecule has 0 saturated heterocycles. The lowest BCUT2D eigenvalue weighted by atomic mass is 10.00. The third-order valence-electron chi connectivity index (χ3n) is 2.83. The largest absolute Gasteiger partial charge is 0.507 e. The first-order chi connectivity index (χ1) is 7.50. The van der Waals surface area contributed by atoms with E-state index in [9.17, 15) is 18.3 Å². The SMILES string of the molecule is Cl.N[C@H](CC1CC1)c1c(O)cc(F)c(F)c1F. The van der Waals surface area contributed by atoms with Crippen LogP contribution in [0.3, 0.4) is 0 Å². The van der Waals surface area contributed by atoms with Crippen molar-refractivity contribution in [3.8, 4) is 5.75 Å². The van der Waals surface area contributed by atoms with Crippen molar-refractivity contribution in [2.75, 3.05) is 0 Å². The quantitative estimate of drug-likeness (QED) is 0.827. The molecule has 1 atom stereocenters. The molecule has 0 aromatic heterocycles. The van der Waals surface area contributed by atoms with Crippen LogP contribution in [0.4, 0.5) is 13.2 Å².